The monoisotopic (exact) mass is 598 g/mol. The first-order valence-electron chi connectivity index (χ1n) is 9.75. The van der Waals surface area contributed by atoms with E-state index in [4.69, 9.17) is 0 Å². The SMILES string of the molecule is O=S(=O)(c1ccccc1)N1C[C@H](Br)[C@@H](Br)CN(S(=O)(=O)c2ccccc2)c2ccccc21. The van der Waals surface area contributed by atoms with Crippen LogP contribution in [-0.4, -0.2) is 39.6 Å². The van der Waals surface area contributed by atoms with Crippen LogP contribution in [0.4, 0.5) is 11.4 Å². The highest BCUT2D eigenvalue weighted by Gasteiger charge is 2.38. The minimum Gasteiger partial charge on any atom is -0.263 e. The van der Waals surface area contributed by atoms with Crippen molar-refractivity contribution in [2.24, 2.45) is 0 Å². The third kappa shape index (κ3) is 4.33. The van der Waals surface area contributed by atoms with Gasteiger partial charge in [0.25, 0.3) is 20.0 Å². The average molecular weight is 600 g/mol. The molecule has 3 aromatic rings. The van der Waals surface area contributed by atoms with E-state index in [2.05, 4.69) is 31.9 Å². The lowest BCUT2D eigenvalue weighted by atomic mass is 10.2. The second-order valence-corrected chi connectivity index (χ2v) is 13.3. The zero-order valence-corrected chi connectivity index (χ0v) is 21.6. The van der Waals surface area contributed by atoms with E-state index in [1.54, 1.807) is 60.7 Å². The van der Waals surface area contributed by atoms with Gasteiger partial charge in [-0.1, -0.05) is 80.4 Å². The summed E-state index contributed by atoms with van der Waals surface area (Å²) in [6, 6.07) is 22.9. The Morgan fingerprint density at radius 3 is 1.22 bits per heavy atom. The van der Waals surface area contributed by atoms with E-state index in [0.717, 1.165) is 0 Å². The number of hydrogen-bond donors (Lipinski definition) is 0. The molecule has 1 aliphatic heterocycles. The van der Waals surface area contributed by atoms with Gasteiger partial charge in [0.2, 0.25) is 0 Å². The molecule has 3 aromatic carbocycles. The molecular weight excluding hydrogens is 580 g/mol. The van der Waals surface area contributed by atoms with Crippen molar-refractivity contribution in [2.45, 2.75) is 19.4 Å². The van der Waals surface area contributed by atoms with Crippen molar-refractivity contribution in [2.75, 3.05) is 21.7 Å². The summed E-state index contributed by atoms with van der Waals surface area (Å²) in [5.74, 6) is 0. The van der Waals surface area contributed by atoms with Gasteiger partial charge in [0.1, 0.15) is 0 Å². The predicted molar refractivity (Wildman–Crippen MR) is 134 cm³/mol. The summed E-state index contributed by atoms with van der Waals surface area (Å²) in [4.78, 5) is -0.414. The third-order valence-corrected chi connectivity index (χ3v) is 11.3. The van der Waals surface area contributed by atoms with Gasteiger partial charge in [-0.2, -0.15) is 0 Å². The Morgan fingerprint density at radius 1 is 0.562 bits per heavy atom. The van der Waals surface area contributed by atoms with Crippen LogP contribution >= 0.6 is 31.9 Å². The first kappa shape index (κ1) is 23.3. The average Bonchev–Trinajstić information content (AvgIpc) is 2.81. The van der Waals surface area contributed by atoms with Crippen LogP contribution in [-0.2, 0) is 20.0 Å². The van der Waals surface area contributed by atoms with Gasteiger partial charge < -0.3 is 0 Å². The summed E-state index contributed by atoms with van der Waals surface area (Å²) in [6.07, 6.45) is 0. The number of para-hydroxylation sites is 2. The van der Waals surface area contributed by atoms with Crippen molar-refractivity contribution in [1.29, 1.82) is 0 Å². The van der Waals surface area contributed by atoms with Crippen LogP contribution < -0.4 is 8.61 Å². The topological polar surface area (TPSA) is 74.8 Å². The van der Waals surface area contributed by atoms with Crippen LogP contribution in [0.25, 0.3) is 0 Å². The molecule has 0 amide bonds. The Morgan fingerprint density at radius 2 is 0.875 bits per heavy atom. The largest absolute Gasteiger partial charge is 0.264 e. The molecule has 2 atom stereocenters. The fourth-order valence-electron chi connectivity index (χ4n) is 3.52. The van der Waals surface area contributed by atoms with Gasteiger partial charge in [0.05, 0.1) is 21.2 Å². The molecule has 0 radical (unpaired) electrons. The molecule has 1 heterocycles. The van der Waals surface area contributed by atoms with Gasteiger partial charge in [-0.05, 0) is 36.4 Å². The maximum atomic E-state index is 13.6. The second kappa shape index (κ2) is 9.17. The summed E-state index contributed by atoms with van der Waals surface area (Å²) in [7, 11) is -7.89. The number of fused-ring (bicyclic) bond motifs is 1. The number of benzene rings is 3. The minimum absolute atomic E-state index is 0.128. The molecule has 168 valence electrons. The second-order valence-electron chi connectivity index (χ2n) is 7.22. The number of sulfonamides is 2. The summed E-state index contributed by atoms with van der Waals surface area (Å²) in [6.45, 7) is 0.257. The zero-order valence-electron chi connectivity index (χ0n) is 16.8. The number of rotatable bonds is 4. The summed E-state index contributed by atoms with van der Waals surface area (Å²) >= 11 is 7.14. The lowest BCUT2D eigenvalue weighted by Crippen LogP contribution is -2.47. The number of anilines is 2. The third-order valence-electron chi connectivity index (χ3n) is 5.15. The van der Waals surface area contributed by atoms with Gasteiger partial charge in [-0.25, -0.2) is 16.8 Å². The van der Waals surface area contributed by atoms with Crippen molar-refractivity contribution >= 4 is 63.3 Å². The maximum Gasteiger partial charge on any atom is 0.264 e. The number of hydrogen-bond acceptors (Lipinski definition) is 4. The molecular formula is C22H20Br2N2O4S2. The quantitative estimate of drug-likeness (QED) is 0.410. The smallest absolute Gasteiger partial charge is 0.263 e. The summed E-state index contributed by atoms with van der Waals surface area (Å²) in [5.41, 5.74) is 0.611. The molecule has 10 heteroatoms. The molecule has 0 saturated carbocycles. The Balaban J connectivity index is 1.93. The molecule has 32 heavy (non-hydrogen) atoms. The lowest BCUT2D eigenvalue weighted by Gasteiger charge is -2.37. The first-order chi connectivity index (χ1) is 15.2. The fourth-order valence-corrected chi connectivity index (χ4v) is 7.87. The molecule has 0 saturated heterocycles. The van der Waals surface area contributed by atoms with E-state index in [1.807, 2.05) is 0 Å². The van der Waals surface area contributed by atoms with E-state index in [1.165, 1.54) is 32.9 Å². The van der Waals surface area contributed by atoms with Crippen molar-refractivity contribution in [3.63, 3.8) is 0 Å². The maximum absolute atomic E-state index is 13.6. The zero-order chi connectivity index (χ0) is 22.9. The Kier molecular flexibility index (Phi) is 6.67. The fraction of sp³-hybridized carbons (Fsp3) is 0.182. The highest BCUT2D eigenvalue weighted by atomic mass is 79.9. The van der Waals surface area contributed by atoms with Crippen LogP contribution in [0.15, 0.2) is 94.7 Å². The summed E-state index contributed by atoms with van der Waals surface area (Å²) < 4.78 is 57.0. The van der Waals surface area contributed by atoms with Gasteiger partial charge in [-0.3, -0.25) is 8.61 Å². The lowest BCUT2D eigenvalue weighted by molar-refractivity contribution is 0.582. The summed E-state index contributed by atoms with van der Waals surface area (Å²) in [5, 5.41) is 0. The number of alkyl halides is 2. The Hall–Kier alpha value is -1.88. The van der Waals surface area contributed by atoms with E-state index in [9.17, 15) is 16.8 Å². The molecule has 0 N–H and O–H groups in total. The van der Waals surface area contributed by atoms with Crippen LogP contribution in [0.5, 0.6) is 0 Å². The minimum atomic E-state index is -3.94. The molecule has 0 spiro atoms. The molecule has 0 aliphatic carbocycles. The molecule has 0 bridgehead atoms. The van der Waals surface area contributed by atoms with E-state index >= 15 is 0 Å². The van der Waals surface area contributed by atoms with Crippen LogP contribution in [0.3, 0.4) is 0 Å². The van der Waals surface area contributed by atoms with Gasteiger partial charge in [0.15, 0.2) is 0 Å². The first-order valence-corrected chi connectivity index (χ1v) is 14.5. The standard InChI is InChI=1S/C22H20Br2N2O4S2/c23-19-15-25(31(27,28)17-9-3-1-4-10-17)21-13-7-8-14-22(21)26(16-20(19)24)32(29,30)18-11-5-2-6-12-18/h1-14,19-20H,15-16H2/t19-,20-/m0/s1. The van der Waals surface area contributed by atoms with Crippen molar-refractivity contribution in [1.82, 2.24) is 0 Å². The van der Waals surface area contributed by atoms with Gasteiger partial charge in [0, 0.05) is 22.7 Å². The van der Waals surface area contributed by atoms with Crippen molar-refractivity contribution in [3.05, 3.63) is 84.9 Å². The molecule has 0 fully saturated rings. The molecule has 1 aliphatic rings. The van der Waals surface area contributed by atoms with Gasteiger partial charge >= 0.3 is 0 Å². The van der Waals surface area contributed by atoms with Gasteiger partial charge in [-0.15, -0.1) is 0 Å². The van der Waals surface area contributed by atoms with Crippen LogP contribution in [0.2, 0.25) is 0 Å². The Labute approximate surface area is 205 Å². The predicted octanol–water partition coefficient (Wildman–Crippen LogP) is 4.62. The molecule has 4 rings (SSSR count). The molecule has 0 aromatic heterocycles. The highest BCUT2D eigenvalue weighted by molar-refractivity contribution is 9.12. The number of halogens is 2. The number of nitrogens with zero attached hydrogens (tertiary/aromatic N) is 2. The van der Waals surface area contributed by atoms with Crippen LogP contribution in [0.1, 0.15) is 0 Å². The van der Waals surface area contributed by atoms with Crippen molar-refractivity contribution in [3.8, 4) is 0 Å². The van der Waals surface area contributed by atoms with E-state index < -0.39 is 20.0 Å². The molecule has 6 nitrogen and oxygen atoms in total. The Bertz CT molecular complexity index is 1200. The van der Waals surface area contributed by atoms with E-state index in [0.29, 0.717) is 11.4 Å². The van der Waals surface area contributed by atoms with Crippen molar-refractivity contribution < 1.29 is 16.8 Å². The van der Waals surface area contributed by atoms with Crippen LogP contribution in [0, 0.1) is 0 Å². The van der Waals surface area contributed by atoms with E-state index in [-0.39, 0.29) is 32.5 Å². The molecule has 0 unspecified atom stereocenters. The normalized spacial score (nSPS) is 19.7. The highest BCUT2D eigenvalue weighted by Crippen LogP contribution is 2.39.